The SMILES string of the molecule is COC(=O)c1c(C)cccc1NC(=O)c1ccc(CN2CCOCC2)cc1. The van der Waals surface area contributed by atoms with Gasteiger partial charge in [0, 0.05) is 25.2 Å². The van der Waals surface area contributed by atoms with E-state index in [9.17, 15) is 9.59 Å². The molecule has 142 valence electrons. The molecule has 0 atom stereocenters. The van der Waals surface area contributed by atoms with Crippen LogP contribution in [-0.2, 0) is 16.0 Å². The molecular weight excluding hydrogens is 344 g/mol. The zero-order chi connectivity index (χ0) is 19.2. The van der Waals surface area contributed by atoms with Crippen molar-refractivity contribution < 1.29 is 19.1 Å². The summed E-state index contributed by atoms with van der Waals surface area (Å²) in [7, 11) is 1.33. The molecule has 1 heterocycles. The van der Waals surface area contributed by atoms with Gasteiger partial charge in [-0.2, -0.15) is 0 Å². The number of benzene rings is 2. The molecule has 6 heteroatoms. The third kappa shape index (κ3) is 4.72. The standard InChI is InChI=1S/C21H24N2O4/c1-15-4-3-5-18(19(15)21(25)26-2)22-20(24)17-8-6-16(7-9-17)14-23-10-12-27-13-11-23/h3-9H,10-14H2,1-2H3,(H,22,24). The third-order valence-corrected chi connectivity index (χ3v) is 4.64. The molecule has 1 amide bonds. The van der Waals surface area contributed by atoms with E-state index < -0.39 is 5.97 Å². The Bertz CT molecular complexity index is 811. The summed E-state index contributed by atoms with van der Waals surface area (Å²) in [5.41, 5.74) is 3.26. The number of methoxy groups -OCH3 is 1. The quantitative estimate of drug-likeness (QED) is 0.822. The number of carbonyl (C=O) groups excluding carboxylic acids is 2. The van der Waals surface area contributed by atoms with Crippen molar-refractivity contribution in [2.75, 3.05) is 38.7 Å². The van der Waals surface area contributed by atoms with Crippen LogP contribution in [0.1, 0.15) is 31.8 Å². The Hall–Kier alpha value is -2.70. The lowest BCUT2D eigenvalue weighted by molar-refractivity contribution is 0.0342. The van der Waals surface area contributed by atoms with E-state index in [2.05, 4.69) is 10.2 Å². The monoisotopic (exact) mass is 368 g/mol. The fraction of sp³-hybridized carbons (Fsp3) is 0.333. The van der Waals surface area contributed by atoms with Crippen LogP contribution in [0, 0.1) is 6.92 Å². The maximum absolute atomic E-state index is 12.6. The third-order valence-electron chi connectivity index (χ3n) is 4.64. The summed E-state index contributed by atoms with van der Waals surface area (Å²) in [4.78, 5) is 26.9. The fourth-order valence-corrected chi connectivity index (χ4v) is 3.12. The van der Waals surface area contributed by atoms with Gasteiger partial charge in [-0.3, -0.25) is 9.69 Å². The molecule has 1 fully saturated rings. The molecular formula is C21H24N2O4. The summed E-state index contributed by atoms with van der Waals surface area (Å²) in [6.45, 7) is 6.02. The number of anilines is 1. The normalized spacial score (nSPS) is 14.6. The van der Waals surface area contributed by atoms with Gasteiger partial charge in [-0.05, 0) is 36.2 Å². The van der Waals surface area contributed by atoms with E-state index in [4.69, 9.17) is 9.47 Å². The molecule has 1 N–H and O–H groups in total. The van der Waals surface area contributed by atoms with Crippen LogP contribution in [0.3, 0.4) is 0 Å². The van der Waals surface area contributed by atoms with E-state index in [0.29, 0.717) is 16.8 Å². The number of hydrogen-bond acceptors (Lipinski definition) is 5. The summed E-state index contributed by atoms with van der Waals surface area (Å²) in [5.74, 6) is -0.729. The Labute approximate surface area is 159 Å². The maximum Gasteiger partial charge on any atom is 0.340 e. The summed E-state index contributed by atoms with van der Waals surface area (Å²) >= 11 is 0. The first-order valence-electron chi connectivity index (χ1n) is 8.97. The van der Waals surface area contributed by atoms with Crippen LogP contribution >= 0.6 is 0 Å². The second kappa shape index (κ2) is 8.79. The van der Waals surface area contributed by atoms with E-state index in [-0.39, 0.29) is 5.91 Å². The smallest absolute Gasteiger partial charge is 0.340 e. The highest BCUT2D eigenvalue weighted by atomic mass is 16.5. The average molecular weight is 368 g/mol. The molecule has 0 bridgehead atoms. The van der Waals surface area contributed by atoms with E-state index in [1.54, 1.807) is 24.3 Å². The summed E-state index contributed by atoms with van der Waals surface area (Å²) in [5, 5.41) is 2.82. The number of amides is 1. The molecule has 1 saturated heterocycles. The molecule has 0 aromatic heterocycles. The first kappa shape index (κ1) is 19.1. The summed E-state index contributed by atoms with van der Waals surface area (Å²) < 4.78 is 10.2. The molecule has 0 unspecified atom stereocenters. The number of carbonyl (C=O) groups is 2. The number of rotatable bonds is 5. The van der Waals surface area contributed by atoms with Gasteiger partial charge in [0.1, 0.15) is 0 Å². The second-order valence-electron chi connectivity index (χ2n) is 6.53. The zero-order valence-electron chi connectivity index (χ0n) is 15.7. The molecule has 0 spiro atoms. The van der Waals surface area contributed by atoms with Gasteiger partial charge < -0.3 is 14.8 Å². The molecule has 0 saturated carbocycles. The van der Waals surface area contributed by atoms with Crippen molar-refractivity contribution in [1.82, 2.24) is 4.90 Å². The van der Waals surface area contributed by atoms with Gasteiger partial charge in [0.05, 0.1) is 31.6 Å². The Balaban J connectivity index is 1.70. The summed E-state index contributed by atoms with van der Waals surface area (Å²) in [6.07, 6.45) is 0. The molecule has 1 aliphatic rings. The van der Waals surface area contributed by atoms with Gasteiger partial charge in [-0.25, -0.2) is 4.79 Å². The fourth-order valence-electron chi connectivity index (χ4n) is 3.12. The highest BCUT2D eigenvalue weighted by Gasteiger charge is 2.17. The van der Waals surface area contributed by atoms with Crippen molar-refractivity contribution in [3.8, 4) is 0 Å². The van der Waals surface area contributed by atoms with Crippen molar-refractivity contribution in [1.29, 1.82) is 0 Å². The largest absolute Gasteiger partial charge is 0.465 e. The van der Waals surface area contributed by atoms with Crippen LogP contribution in [0.4, 0.5) is 5.69 Å². The van der Waals surface area contributed by atoms with Crippen molar-refractivity contribution in [2.24, 2.45) is 0 Å². The highest BCUT2D eigenvalue weighted by molar-refractivity contribution is 6.08. The van der Waals surface area contributed by atoms with Gasteiger partial charge in [-0.15, -0.1) is 0 Å². The van der Waals surface area contributed by atoms with Crippen LogP contribution in [0.2, 0.25) is 0 Å². The second-order valence-corrected chi connectivity index (χ2v) is 6.53. The minimum atomic E-state index is -0.468. The van der Waals surface area contributed by atoms with Crippen LogP contribution in [0.25, 0.3) is 0 Å². The minimum Gasteiger partial charge on any atom is -0.465 e. The van der Waals surface area contributed by atoms with Gasteiger partial charge in [0.25, 0.3) is 5.91 Å². The lowest BCUT2D eigenvalue weighted by Gasteiger charge is -2.26. The van der Waals surface area contributed by atoms with E-state index in [0.717, 1.165) is 44.0 Å². The molecule has 3 rings (SSSR count). The number of morpholine rings is 1. The van der Waals surface area contributed by atoms with E-state index in [1.165, 1.54) is 7.11 Å². The predicted octanol–water partition coefficient (Wildman–Crippen LogP) is 2.87. The van der Waals surface area contributed by atoms with Crippen molar-refractivity contribution in [2.45, 2.75) is 13.5 Å². The first-order valence-corrected chi connectivity index (χ1v) is 8.97. The van der Waals surface area contributed by atoms with Crippen molar-refractivity contribution in [3.05, 3.63) is 64.7 Å². The minimum absolute atomic E-state index is 0.260. The van der Waals surface area contributed by atoms with Crippen molar-refractivity contribution in [3.63, 3.8) is 0 Å². The molecule has 0 aliphatic carbocycles. The highest BCUT2D eigenvalue weighted by Crippen LogP contribution is 2.21. The summed E-state index contributed by atoms with van der Waals surface area (Å²) in [6, 6.07) is 12.8. The number of nitrogens with zero attached hydrogens (tertiary/aromatic N) is 1. The van der Waals surface area contributed by atoms with Gasteiger partial charge >= 0.3 is 5.97 Å². The molecule has 1 aliphatic heterocycles. The number of ether oxygens (including phenoxy) is 2. The Morgan fingerprint density at radius 2 is 1.81 bits per heavy atom. The first-order chi connectivity index (χ1) is 13.1. The Morgan fingerprint density at radius 1 is 1.11 bits per heavy atom. The van der Waals surface area contributed by atoms with Gasteiger partial charge in [0.2, 0.25) is 0 Å². The molecule has 2 aromatic rings. The lowest BCUT2D eigenvalue weighted by Crippen LogP contribution is -2.35. The zero-order valence-corrected chi connectivity index (χ0v) is 15.7. The molecule has 0 radical (unpaired) electrons. The number of aryl methyl sites for hydroxylation is 1. The topological polar surface area (TPSA) is 67.9 Å². The van der Waals surface area contributed by atoms with Gasteiger partial charge in [0.15, 0.2) is 0 Å². The number of hydrogen-bond donors (Lipinski definition) is 1. The number of esters is 1. The Morgan fingerprint density at radius 3 is 2.48 bits per heavy atom. The molecule has 2 aromatic carbocycles. The maximum atomic E-state index is 12.6. The predicted molar refractivity (Wildman–Crippen MR) is 103 cm³/mol. The van der Waals surface area contributed by atoms with Crippen LogP contribution in [0.15, 0.2) is 42.5 Å². The molecule has 6 nitrogen and oxygen atoms in total. The van der Waals surface area contributed by atoms with Crippen LogP contribution < -0.4 is 5.32 Å². The Kier molecular flexibility index (Phi) is 6.21. The molecule has 27 heavy (non-hydrogen) atoms. The van der Waals surface area contributed by atoms with Crippen molar-refractivity contribution >= 4 is 17.6 Å². The van der Waals surface area contributed by atoms with Crippen LogP contribution in [0.5, 0.6) is 0 Å². The van der Waals surface area contributed by atoms with Gasteiger partial charge in [-0.1, -0.05) is 24.3 Å². The van der Waals surface area contributed by atoms with E-state index in [1.807, 2.05) is 25.1 Å². The van der Waals surface area contributed by atoms with E-state index >= 15 is 0 Å². The average Bonchev–Trinajstić information content (AvgIpc) is 2.69. The lowest BCUT2D eigenvalue weighted by atomic mass is 10.1. The number of nitrogens with one attached hydrogen (secondary N) is 1. The van der Waals surface area contributed by atoms with Crippen LogP contribution in [-0.4, -0.2) is 50.2 Å².